The zero-order valence-corrected chi connectivity index (χ0v) is 17.1. The Bertz CT molecular complexity index is 678. The average Bonchev–Trinajstić information content (AvgIpc) is 3.36. The number of nitrogens with one attached hydrogen (secondary N) is 1. The van der Waals surface area contributed by atoms with E-state index in [9.17, 15) is 0 Å². The monoisotopic (exact) mass is 397 g/mol. The van der Waals surface area contributed by atoms with Crippen LogP contribution in [-0.2, 0) is 0 Å². The Labute approximate surface area is 165 Å². The van der Waals surface area contributed by atoms with Gasteiger partial charge in [-0.25, -0.2) is 0 Å². The molecular formula is C18H28ClN5OS. The predicted molar refractivity (Wildman–Crippen MR) is 107 cm³/mol. The van der Waals surface area contributed by atoms with Crippen molar-refractivity contribution in [2.45, 2.75) is 26.3 Å². The molecule has 0 aliphatic carbocycles. The fourth-order valence-corrected chi connectivity index (χ4v) is 4.57. The van der Waals surface area contributed by atoms with Crippen LogP contribution in [0.3, 0.4) is 0 Å². The lowest BCUT2D eigenvalue weighted by Crippen LogP contribution is -2.50. The Morgan fingerprint density at radius 2 is 2.15 bits per heavy atom. The van der Waals surface area contributed by atoms with Gasteiger partial charge in [-0.05, 0) is 36.8 Å². The highest BCUT2D eigenvalue weighted by Crippen LogP contribution is 2.28. The quantitative estimate of drug-likeness (QED) is 0.837. The number of piperazine rings is 1. The molecule has 2 aromatic rings. The van der Waals surface area contributed by atoms with Crippen molar-refractivity contribution in [1.29, 1.82) is 0 Å². The lowest BCUT2D eigenvalue weighted by Gasteiger charge is -2.40. The smallest absolute Gasteiger partial charge is 0.244 e. The summed E-state index contributed by atoms with van der Waals surface area (Å²) < 4.78 is 5.54. The van der Waals surface area contributed by atoms with Crippen LogP contribution in [0, 0.1) is 5.41 Å². The largest absolute Gasteiger partial charge is 0.337 e. The molecular weight excluding hydrogens is 370 g/mol. The van der Waals surface area contributed by atoms with E-state index in [-0.39, 0.29) is 18.4 Å². The maximum Gasteiger partial charge on any atom is 0.244 e. The Balaban J connectivity index is 0.00000196. The molecule has 0 radical (unpaired) electrons. The van der Waals surface area contributed by atoms with Crippen LogP contribution in [0.2, 0.25) is 0 Å². The fraction of sp³-hybridized carbons (Fsp3) is 0.667. The van der Waals surface area contributed by atoms with Crippen molar-refractivity contribution in [3.8, 4) is 10.7 Å². The topological polar surface area (TPSA) is 57.4 Å². The van der Waals surface area contributed by atoms with Gasteiger partial charge in [-0.3, -0.25) is 4.90 Å². The van der Waals surface area contributed by atoms with Gasteiger partial charge in [0.25, 0.3) is 0 Å². The Hall–Kier alpha value is -0.990. The molecule has 0 spiro atoms. The summed E-state index contributed by atoms with van der Waals surface area (Å²) in [4.78, 5) is 10.7. The van der Waals surface area contributed by atoms with Crippen LogP contribution in [0.1, 0.15) is 32.2 Å². The summed E-state index contributed by atoms with van der Waals surface area (Å²) in [5.41, 5.74) is 0.440. The van der Waals surface area contributed by atoms with Crippen molar-refractivity contribution in [2.24, 2.45) is 5.41 Å². The summed E-state index contributed by atoms with van der Waals surface area (Å²) in [6, 6.07) is 4.22. The van der Waals surface area contributed by atoms with Crippen molar-refractivity contribution in [3.63, 3.8) is 0 Å². The second-order valence-corrected chi connectivity index (χ2v) is 8.61. The zero-order chi connectivity index (χ0) is 17.3. The van der Waals surface area contributed by atoms with Crippen molar-refractivity contribution in [3.05, 3.63) is 23.4 Å². The number of hydrogen-bond donors (Lipinski definition) is 1. The zero-order valence-electron chi connectivity index (χ0n) is 15.5. The van der Waals surface area contributed by atoms with Gasteiger partial charge in [0, 0.05) is 39.3 Å². The van der Waals surface area contributed by atoms with Crippen LogP contribution < -0.4 is 5.32 Å². The Morgan fingerprint density at radius 1 is 1.35 bits per heavy atom. The first-order valence-electron chi connectivity index (χ1n) is 9.18. The van der Waals surface area contributed by atoms with E-state index in [1.165, 1.54) is 13.0 Å². The molecule has 2 unspecified atom stereocenters. The highest BCUT2D eigenvalue weighted by molar-refractivity contribution is 7.13. The number of halogens is 1. The first kappa shape index (κ1) is 19.8. The number of hydrogen-bond acceptors (Lipinski definition) is 7. The molecule has 26 heavy (non-hydrogen) atoms. The average molecular weight is 398 g/mol. The van der Waals surface area contributed by atoms with Gasteiger partial charge in [0.15, 0.2) is 0 Å². The highest BCUT2D eigenvalue weighted by Gasteiger charge is 2.33. The molecule has 2 aliphatic heterocycles. The van der Waals surface area contributed by atoms with Crippen LogP contribution in [0.4, 0.5) is 0 Å². The van der Waals surface area contributed by atoms with Gasteiger partial charge in [0.1, 0.15) is 0 Å². The summed E-state index contributed by atoms with van der Waals surface area (Å²) >= 11 is 1.64. The summed E-state index contributed by atoms with van der Waals surface area (Å²) in [6.45, 7) is 12.4. The molecule has 2 aromatic heterocycles. The standard InChI is InChI=1S/C18H27N5OS.ClH/c1-14(17-20-16(21-24-17)15-4-3-11-25-15)23-9-7-22(8-10-23)13-18(2)5-6-19-12-18;/h3-4,11,14,19H,5-10,12-13H2,1-2H3;1H. The fourth-order valence-electron chi connectivity index (χ4n) is 3.92. The van der Waals surface area contributed by atoms with Crippen LogP contribution >= 0.6 is 23.7 Å². The van der Waals surface area contributed by atoms with E-state index in [4.69, 9.17) is 4.52 Å². The van der Waals surface area contributed by atoms with Gasteiger partial charge in [0.2, 0.25) is 11.7 Å². The van der Waals surface area contributed by atoms with E-state index in [1.54, 1.807) is 11.3 Å². The number of rotatable bonds is 5. The van der Waals surface area contributed by atoms with Crippen molar-refractivity contribution in [2.75, 3.05) is 45.8 Å². The predicted octanol–water partition coefficient (Wildman–Crippen LogP) is 2.90. The first-order valence-corrected chi connectivity index (χ1v) is 10.1. The minimum atomic E-state index is 0. The van der Waals surface area contributed by atoms with Crippen molar-refractivity contribution in [1.82, 2.24) is 25.3 Å². The number of nitrogens with zero attached hydrogens (tertiary/aromatic N) is 4. The molecule has 4 rings (SSSR count). The maximum absolute atomic E-state index is 5.54. The molecule has 0 bridgehead atoms. The van der Waals surface area contributed by atoms with Crippen molar-refractivity contribution >= 4 is 23.7 Å². The summed E-state index contributed by atoms with van der Waals surface area (Å²) in [6.07, 6.45) is 1.29. The first-order chi connectivity index (χ1) is 12.1. The van der Waals surface area contributed by atoms with E-state index in [0.717, 1.165) is 50.0 Å². The van der Waals surface area contributed by atoms with Crippen LogP contribution in [-0.4, -0.2) is 65.8 Å². The molecule has 2 fully saturated rings. The summed E-state index contributed by atoms with van der Waals surface area (Å²) in [5, 5.41) is 9.68. The van der Waals surface area contributed by atoms with E-state index < -0.39 is 0 Å². The lowest BCUT2D eigenvalue weighted by molar-refractivity contribution is 0.0665. The third-order valence-electron chi connectivity index (χ3n) is 5.56. The molecule has 6 nitrogen and oxygen atoms in total. The second-order valence-electron chi connectivity index (χ2n) is 7.66. The van der Waals surface area contributed by atoms with Gasteiger partial charge in [-0.1, -0.05) is 18.1 Å². The van der Waals surface area contributed by atoms with Gasteiger partial charge in [0.05, 0.1) is 10.9 Å². The molecule has 0 aromatic carbocycles. The van der Waals surface area contributed by atoms with Gasteiger partial charge in [-0.2, -0.15) is 4.98 Å². The van der Waals surface area contributed by atoms with E-state index in [2.05, 4.69) is 39.1 Å². The van der Waals surface area contributed by atoms with Gasteiger partial charge in [-0.15, -0.1) is 23.7 Å². The van der Waals surface area contributed by atoms with E-state index >= 15 is 0 Å². The lowest BCUT2D eigenvalue weighted by atomic mass is 9.89. The van der Waals surface area contributed by atoms with Crippen LogP contribution in [0.5, 0.6) is 0 Å². The third kappa shape index (κ3) is 4.28. The molecule has 2 atom stereocenters. The minimum absolute atomic E-state index is 0. The normalized spacial score (nSPS) is 25.9. The third-order valence-corrected chi connectivity index (χ3v) is 6.42. The minimum Gasteiger partial charge on any atom is -0.337 e. The highest BCUT2D eigenvalue weighted by atomic mass is 35.5. The molecule has 2 aliphatic rings. The Kier molecular flexibility index (Phi) is 6.35. The van der Waals surface area contributed by atoms with E-state index in [1.807, 2.05) is 17.5 Å². The summed E-state index contributed by atoms with van der Waals surface area (Å²) in [5.74, 6) is 1.43. The van der Waals surface area contributed by atoms with Crippen LogP contribution in [0.15, 0.2) is 22.0 Å². The molecule has 8 heteroatoms. The maximum atomic E-state index is 5.54. The van der Waals surface area contributed by atoms with Crippen LogP contribution in [0.25, 0.3) is 10.7 Å². The number of aromatic nitrogens is 2. The van der Waals surface area contributed by atoms with Gasteiger partial charge < -0.3 is 14.7 Å². The summed E-state index contributed by atoms with van der Waals surface area (Å²) in [7, 11) is 0. The molecule has 2 saturated heterocycles. The SMILES string of the molecule is CC(c1nc(-c2cccs2)no1)N1CCN(CC2(C)CCNC2)CC1.Cl. The molecule has 144 valence electrons. The van der Waals surface area contributed by atoms with Crippen molar-refractivity contribution < 1.29 is 4.52 Å². The second kappa shape index (κ2) is 8.35. The molecule has 4 heterocycles. The molecule has 0 amide bonds. The van der Waals surface area contributed by atoms with E-state index in [0.29, 0.717) is 11.2 Å². The number of thiophene rings is 1. The van der Waals surface area contributed by atoms with Gasteiger partial charge >= 0.3 is 0 Å². The molecule has 1 N–H and O–H groups in total. The molecule has 0 saturated carbocycles. The Morgan fingerprint density at radius 3 is 2.81 bits per heavy atom.